The lowest BCUT2D eigenvalue weighted by Crippen LogP contribution is -2.49. The van der Waals surface area contributed by atoms with Crippen molar-refractivity contribution in [1.29, 1.82) is 0 Å². The van der Waals surface area contributed by atoms with Crippen molar-refractivity contribution in [3.8, 4) is 17.1 Å². The number of halogens is 1. The minimum atomic E-state index is -0.923. The summed E-state index contributed by atoms with van der Waals surface area (Å²) in [5.41, 5.74) is 1.16. The van der Waals surface area contributed by atoms with E-state index >= 15 is 0 Å². The third-order valence-corrected chi connectivity index (χ3v) is 7.05. The standard InChI is InChI=1S/C27H31FN6O4/c28-20-11-7-19(8-12-20)26-30-32-34(31-26)17-24(36)33(16-23-6-3-15-38-23)25(18-9-13-22(35)14-10-18)27(37)29-21-4-1-2-5-21/h7-14,21,23,25,35H,1-6,15-17H2,(H,29,37). The second-order valence-electron chi connectivity index (χ2n) is 9.82. The maximum Gasteiger partial charge on any atom is 0.247 e. The highest BCUT2D eigenvalue weighted by molar-refractivity contribution is 5.89. The summed E-state index contributed by atoms with van der Waals surface area (Å²) in [6.45, 7) is 0.588. The number of aromatic hydroxyl groups is 1. The number of aromatic nitrogens is 4. The number of nitrogens with zero attached hydrogens (tertiary/aromatic N) is 5. The van der Waals surface area contributed by atoms with Crippen molar-refractivity contribution in [2.24, 2.45) is 0 Å². The summed E-state index contributed by atoms with van der Waals surface area (Å²) in [6, 6.07) is 11.2. The van der Waals surface area contributed by atoms with E-state index in [4.69, 9.17) is 4.74 Å². The predicted octanol–water partition coefficient (Wildman–Crippen LogP) is 2.99. The van der Waals surface area contributed by atoms with E-state index in [0.29, 0.717) is 17.7 Å². The number of tetrazole rings is 1. The normalized spacial score (nSPS) is 18.4. The first kappa shape index (κ1) is 25.8. The topological polar surface area (TPSA) is 122 Å². The molecular formula is C27H31FN6O4. The Hall–Kier alpha value is -3.86. The van der Waals surface area contributed by atoms with Gasteiger partial charge in [-0.3, -0.25) is 9.59 Å². The molecule has 10 nitrogen and oxygen atoms in total. The Bertz CT molecular complexity index is 1240. The fourth-order valence-electron chi connectivity index (χ4n) is 5.08. The Morgan fingerprint density at radius 1 is 1.08 bits per heavy atom. The minimum Gasteiger partial charge on any atom is -0.508 e. The second kappa shape index (κ2) is 11.7. The molecule has 38 heavy (non-hydrogen) atoms. The van der Waals surface area contributed by atoms with Crippen molar-refractivity contribution in [3.05, 3.63) is 59.9 Å². The SMILES string of the molecule is O=C(NC1CCCC1)C(c1ccc(O)cc1)N(CC1CCCO1)C(=O)Cn1nnc(-c2ccc(F)cc2)n1. The first-order valence-corrected chi connectivity index (χ1v) is 13.0. The van der Waals surface area contributed by atoms with Crippen molar-refractivity contribution >= 4 is 11.8 Å². The van der Waals surface area contributed by atoms with Crippen LogP contribution >= 0.6 is 0 Å². The van der Waals surface area contributed by atoms with E-state index < -0.39 is 6.04 Å². The number of amides is 2. The molecule has 2 unspecified atom stereocenters. The molecule has 1 aromatic heterocycles. The number of ether oxygens (including phenoxy) is 1. The monoisotopic (exact) mass is 522 g/mol. The summed E-state index contributed by atoms with van der Waals surface area (Å²) in [5.74, 6) is -0.689. The number of carbonyl (C=O) groups is 2. The van der Waals surface area contributed by atoms with Crippen LogP contribution in [0.25, 0.3) is 11.4 Å². The molecule has 1 saturated heterocycles. The van der Waals surface area contributed by atoms with Crippen LogP contribution < -0.4 is 5.32 Å². The van der Waals surface area contributed by atoms with E-state index in [-0.39, 0.29) is 54.4 Å². The summed E-state index contributed by atoms with van der Waals surface area (Å²) >= 11 is 0. The van der Waals surface area contributed by atoms with Gasteiger partial charge in [0.25, 0.3) is 0 Å². The zero-order chi connectivity index (χ0) is 26.5. The molecule has 1 saturated carbocycles. The third-order valence-electron chi connectivity index (χ3n) is 7.05. The Morgan fingerprint density at radius 2 is 1.82 bits per heavy atom. The zero-order valence-electron chi connectivity index (χ0n) is 21.0. The molecular weight excluding hydrogens is 491 g/mol. The first-order valence-electron chi connectivity index (χ1n) is 13.0. The first-order chi connectivity index (χ1) is 18.5. The van der Waals surface area contributed by atoms with E-state index in [2.05, 4.69) is 20.7 Å². The van der Waals surface area contributed by atoms with Gasteiger partial charge in [-0.2, -0.15) is 4.80 Å². The van der Waals surface area contributed by atoms with Gasteiger partial charge in [0.05, 0.1) is 6.10 Å². The molecule has 1 aliphatic carbocycles. The summed E-state index contributed by atoms with van der Waals surface area (Å²) in [7, 11) is 0. The maximum absolute atomic E-state index is 13.8. The van der Waals surface area contributed by atoms with Crippen LogP contribution in [0.1, 0.15) is 50.1 Å². The molecule has 2 aliphatic rings. The molecule has 2 heterocycles. The quantitative estimate of drug-likeness (QED) is 0.443. The molecule has 0 spiro atoms. The van der Waals surface area contributed by atoms with Gasteiger partial charge < -0.3 is 20.1 Å². The highest BCUT2D eigenvalue weighted by Crippen LogP contribution is 2.28. The predicted molar refractivity (Wildman–Crippen MR) is 135 cm³/mol. The number of phenolic OH excluding ortho intramolecular Hbond substituents is 1. The lowest BCUT2D eigenvalue weighted by atomic mass is 10.0. The fraction of sp³-hybridized carbons (Fsp3) is 0.444. The van der Waals surface area contributed by atoms with E-state index in [9.17, 15) is 19.1 Å². The van der Waals surface area contributed by atoms with Gasteiger partial charge in [-0.05, 0) is 72.9 Å². The zero-order valence-corrected chi connectivity index (χ0v) is 21.0. The van der Waals surface area contributed by atoms with Crippen molar-refractivity contribution in [1.82, 2.24) is 30.4 Å². The summed E-state index contributed by atoms with van der Waals surface area (Å²) < 4.78 is 19.1. The summed E-state index contributed by atoms with van der Waals surface area (Å²) in [6.07, 6.45) is 5.40. The number of nitrogens with one attached hydrogen (secondary N) is 1. The average molecular weight is 523 g/mol. The largest absolute Gasteiger partial charge is 0.508 e. The van der Waals surface area contributed by atoms with Gasteiger partial charge >= 0.3 is 0 Å². The maximum atomic E-state index is 13.8. The third kappa shape index (κ3) is 6.16. The summed E-state index contributed by atoms with van der Waals surface area (Å²) in [4.78, 5) is 30.2. The van der Waals surface area contributed by atoms with Crippen LogP contribution in [0.3, 0.4) is 0 Å². The Labute approximate surface area is 219 Å². The van der Waals surface area contributed by atoms with Crippen LogP contribution in [0.5, 0.6) is 5.75 Å². The van der Waals surface area contributed by atoms with Crippen LogP contribution in [-0.4, -0.2) is 67.3 Å². The van der Waals surface area contributed by atoms with Gasteiger partial charge in [-0.25, -0.2) is 4.39 Å². The second-order valence-corrected chi connectivity index (χ2v) is 9.82. The van der Waals surface area contributed by atoms with E-state index in [0.717, 1.165) is 38.5 Å². The molecule has 11 heteroatoms. The number of hydrogen-bond donors (Lipinski definition) is 2. The van der Waals surface area contributed by atoms with Gasteiger partial charge in [0.1, 0.15) is 24.2 Å². The van der Waals surface area contributed by atoms with E-state index in [1.54, 1.807) is 12.1 Å². The molecule has 2 amide bonds. The van der Waals surface area contributed by atoms with Crippen molar-refractivity contribution in [2.75, 3.05) is 13.2 Å². The molecule has 3 aromatic rings. The van der Waals surface area contributed by atoms with Gasteiger partial charge in [-0.1, -0.05) is 25.0 Å². The Morgan fingerprint density at radius 3 is 2.50 bits per heavy atom. The molecule has 2 N–H and O–H groups in total. The number of hydrogen-bond acceptors (Lipinski definition) is 7. The van der Waals surface area contributed by atoms with Crippen molar-refractivity contribution in [2.45, 2.75) is 63.3 Å². The lowest BCUT2D eigenvalue weighted by molar-refractivity contribution is -0.143. The molecule has 2 aromatic carbocycles. The molecule has 5 rings (SSSR count). The van der Waals surface area contributed by atoms with Crippen molar-refractivity contribution < 1.29 is 23.8 Å². The highest BCUT2D eigenvalue weighted by atomic mass is 19.1. The van der Waals surface area contributed by atoms with Gasteiger partial charge in [0, 0.05) is 24.8 Å². The highest BCUT2D eigenvalue weighted by Gasteiger charge is 2.35. The minimum absolute atomic E-state index is 0.0667. The molecule has 2 atom stereocenters. The van der Waals surface area contributed by atoms with E-state index in [1.807, 2.05) is 0 Å². The lowest BCUT2D eigenvalue weighted by Gasteiger charge is -2.33. The average Bonchev–Trinajstić information content (AvgIpc) is 3.69. The fourth-order valence-corrected chi connectivity index (χ4v) is 5.08. The molecule has 200 valence electrons. The van der Waals surface area contributed by atoms with Crippen molar-refractivity contribution in [3.63, 3.8) is 0 Å². The number of benzene rings is 2. The molecule has 0 radical (unpaired) electrons. The van der Waals surface area contributed by atoms with Crippen LogP contribution in [-0.2, 0) is 20.9 Å². The van der Waals surface area contributed by atoms with E-state index in [1.165, 1.54) is 46.1 Å². The smallest absolute Gasteiger partial charge is 0.247 e. The molecule has 0 bridgehead atoms. The van der Waals surface area contributed by atoms with Crippen LogP contribution in [0, 0.1) is 5.82 Å². The van der Waals surface area contributed by atoms with Crippen LogP contribution in [0.15, 0.2) is 48.5 Å². The molecule has 2 fully saturated rings. The number of phenols is 1. The van der Waals surface area contributed by atoms with Gasteiger partial charge in [0.15, 0.2) is 0 Å². The summed E-state index contributed by atoms with van der Waals surface area (Å²) in [5, 5.41) is 25.3. The van der Waals surface area contributed by atoms with Crippen LogP contribution in [0.4, 0.5) is 4.39 Å². The Kier molecular flexibility index (Phi) is 7.92. The number of rotatable bonds is 9. The van der Waals surface area contributed by atoms with Crippen LogP contribution in [0.2, 0.25) is 0 Å². The van der Waals surface area contributed by atoms with Gasteiger partial charge in [-0.15, -0.1) is 10.2 Å². The molecule has 1 aliphatic heterocycles. The van der Waals surface area contributed by atoms with Gasteiger partial charge in [0.2, 0.25) is 17.6 Å². The number of carbonyl (C=O) groups excluding carboxylic acids is 2. The Balaban J connectivity index is 1.42.